The van der Waals surface area contributed by atoms with Crippen molar-refractivity contribution in [2.24, 2.45) is 0 Å². The summed E-state index contributed by atoms with van der Waals surface area (Å²) >= 11 is 3.47. The van der Waals surface area contributed by atoms with Gasteiger partial charge in [0.15, 0.2) is 5.82 Å². The highest BCUT2D eigenvalue weighted by atomic mass is 79.9. The molecule has 0 aliphatic rings. The van der Waals surface area contributed by atoms with Crippen LogP contribution in [0, 0.1) is 0 Å². The smallest absolute Gasteiger partial charge is 0.257 e. The van der Waals surface area contributed by atoms with Crippen molar-refractivity contribution >= 4 is 21.8 Å². The van der Waals surface area contributed by atoms with E-state index in [-0.39, 0.29) is 17.4 Å². The van der Waals surface area contributed by atoms with Gasteiger partial charge >= 0.3 is 0 Å². The second-order valence-electron chi connectivity index (χ2n) is 6.29. The summed E-state index contributed by atoms with van der Waals surface area (Å²) < 4.78 is 2.47. The van der Waals surface area contributed by atoms with Crippen LogP contribution >= 0.6 is 15.9 Å². The van der Waals surface area contributed by atoms with Crippen LogP contribution in [0.2, 0.25) is 0 Å². The zero-order valence-corrected chi connectivity index (χ0v) is 14.9. The molecule has 22 heavy (non-hydrogen) atoms. The number of carbonyl (C=O) groups is 1. The van der Waals surface area contributed by atoms with Crippen LogP contribution < -0.4 is 0 Å². The minimum Gasteiger partial charge on any atom is -0.341 e. The maximum Gasteiger partial charge on any atom is 0.257 e. The molecule has 1 N–H and O–H groups in total. The van der Waals surface area contributed by atoms with E-state index in [1.54, 1.807) is 22.8 Å². The highest BCUT2D eigenvalue weighted by molar-refractivity contribution is 9.10. The van der Waals surface area contributed by atoms with Crippen LogP contribution in [-0.4, -0.2) is 54.8 Å². The Hall–Kier alpha value is -1.77. The average Bonchev–Trinajstić information content (AvgIpc) is 3.05. The van der Waals surface area contributed by atoms with Gasteiger partial charge in [-0.1, -0.05) is 12.1 Å². The standard InChI is InChI=1S/C13H20BrN7O/c1-8(11-16-18-19-17-11)7-20(5)12(22)9-6-15-21(10(9)14)13(2,3)4/h6,8H,7H2,1-5H3,(H,16,17,18,19). The maximum atomic E-state index is 12.6. The molecule has 2 aromatic heterocycles. The molecule has 0 fully saturated rings. The summed E-state index contributed by atoms with van der Waals surface area (Å²) in [4.78, 5) is 14.2. The van der Waals surface area contributed by atoms with Crippen molar-refractivity contribution in [3.8, 4) is 0 Å². The van der Waals surface area contributed by atoms with Crippen molar-refractivity contribution in [1.82, 2.24) is 35.3 Å². The SMILES string of the molecule is CC(CN(C)C(=O)c1cnn(C(C)(C)C)c1Br)c1nn[nH]n1. The minimum atomic E-state index is -0.201. The summed E-state index contributed by atoms with van der Waals surface area (Å²) in [5.41, 5.74) is 0.339. The third-order valence-corrected chi connectivity index (χ3v) is 4.04. The van der Waals surface area contributed by atoms with Gasteiger partial charge in [0.25, 0.3) is 5.91 Å². The van der Waals surface area contributed by atoms with E-state index in [2.05, 4.69) is 41.7 Å². The summed E-state index contributed by atoms with van der Waals surface area (Å²) in [5.74, 6) is 0.478. The first kappa shape index (κ1) is 16.6. The number of tetrazole rings is 1. The normalized spacial score (nSPS) is 13.2. The molecule has 0 saturated carbocycles. The third kappa shape index (κ3) is 3.34. The first-order chi connectivity index (χ1) is 10.2. The lowest BCUT2D eigenvalue weighted by atomic mass is 10.1. The van der Waals surface area contributed by atoms with E-state index < -0.39 is 0 Å². The molecule has 0 radical (unpaired) electrons. The quantitative estimate of drug-likeness (QED) is 0.886. The van der Waals surface area contributed by atoms with E-state index in [1.165, 1.54) is 0 Å². The Morgan fingerprint density at radius 1 is 1.50 bits per heavy atom. The zero-order valence-electron chi connectivity index (χ0n) is 13.3. The van der Waals surface area contributed by atoms with Crippen molar-refractivity contribution in [2.75, 3.05) is 13.6 Å². The van der Waals surface area contributed by atoms with Gasteiger partial charge in [0.2, 0.25) is 0 Å². The third-order valence-electron chi connectivity index (χ3n) is 3.27. The van der Waals surface area contributed by atoms with E-state index in [9.17, 15) is 4.79 Å². The topological polar surface area (TPSA) is 92.6 Å². The second-order valence-corrected chi connectivity index (χ2v) is 7.04. The summed E-state index contributed by atoms with van der Waals surface area (Å²) in [6.07, 6.45) is 1.59. The van der Waals surface area contributed by atoms with Gasteiger partial charge < -0.3 is 4.90 Å². The number of halogens is 1. The highest BCUT2D eigenvalue weighted by Gasteiger charge is 2.25. The lowest BCUT2D eigenvalue weighted by Crippen LogP contribution is -2.31. The van der Waals surface area contributed by atoms with Crippen LogP contribution in [0.15, 0.2) is 10.8 Å². The molecule has 1 unspecified atom stereocenters. The van der Waals surface area contributed by atoms with E-state index in [1.807, 2.05) is 27.7 Å². The van der Waals surface area contributed by atoms with Gasteiger partial charge in [-0.15, -0.1) is 10.2 Å². The summed E-state index contributed by atoms with van der Waals surface area (Å²) in [6.45, 7) is 8.52. The molecule has 8 nitrogen and oxygen atoms in total. The van der Waals surface area contributed by atoms with Crippen LogP contribution in [-0.2, 0) is 5.54 Å². The Bertz CT molecular complexity index is 644. The molecule has 0 saturated heterocycles. The van der Waals surface area contributed by atoms with Crippen LogP contribution in [0.4, 0.5) is 0 Å². The predicted molar refractivity (Wildman–Crippen MR) is 84.5 cm³/mol. The molecular weight excluding hydrogens is 350 g/mol. The first-order valence-electron chi connectivity index (χ1n) is 6.94. The second kappa shape index (κ2) is 6.15. The van der Waals surface area contributed by atoms with Crippen molar-refractivity contribution in [3.63, 3.8) is 0 Å². The van der Waals surface area contributed by atoms with Crippen LogP contribution in [0.5, 0.6) is 0 Å². The number of carbonyl (C=O) groups excluding carboxylic acids is 1. The number of H-pyrrole nitrogens is 1. The van der Waals surface area contributed by atoms with Gasteiger partial charge in [0.1, 0.15) is 4.60 Å². The van der Waals surface area contributed by atoms with Crippen molar-refractivity contribution in [3.05, 3.63) is 22.2 Å². The fourth-order valence-corrected chi connectivity index (χ4v) is 3.00. The van der Waals surface area contributed by atoms with Crippen molar-refractivity contribution < 1.29 is 4.79 Å². The summed E-state index contributed by atoms with van der Waals surface area (Å²) in [6, 6.07) is 0. The van der Waals surface area contributed by atoms with Crippen molar-refractivity contribution in [2.45, 2.75) is 39.2 Å². The minimum absolute atomic E-state index is 0.0101. The number of hydrogen-bond donors (Lipinski definition) is 1. The Kier molecular flexibility index (Phi) is 4.64. The summed E-state index contributed by atoms with van der Waals surface area (Å²) in [5, 5.41) is 18.1. The van der Waals surface area contributed by atoms with Gasteiger partial charge in [-0.25, -0.2) is 0 Å². The molecular formula is C13H20BrN7O. The lowest BCUT2D eigenvalue weighted by Gasteiger charge is -2.22. The number of likely N-dealkylation sites (N-methyl/N-ethyl adjacent to an activating group) is 1. The largest absolute Gasteiger partial charge is 0.341 e. The molecule has 2 heterocycles. The van der Waals surface area contributed by atoms with E-state index in [4.69, 9.17) is 0 Å². The molecule has 0 aromatic carbocycles. The molecule has 1 amide bonds. The molecule has 2 aromatic rings. The Morgan fingerprint density at radius 2 is 2.18 bits per heavy atom. The number of nitrogens with zero attached hydrogens (tertiary/aromatic N) is 6. The monoisotopic (exact) mass is 369 g/mol. The molecule has 2 rings (SSSR count). The number of rotatable bonds is 4. The van der Waals surface area contributed by atoms with Crippen molar-refractivity contribution in [1.29, 1.82) is 0 Å². The average molecular weight is 370 g/mol. The van der Waals surface area contributed by atoms with E-state index in [0.29, 0.717) is 22.5 Å². The number of amides is 1. The zero-order chi connectivity index (χ0) is 16.5. The molecule has 1 atom stereocenters. The van der Waals surface area contributed by atoms with Gasteiger partial charge in [0, 0.05) is 19.5 Å². The van der Waals surface area contributed by atoms with E-state index in [0.717, 1.165) is 0 Å². The predicted octanol–water partition coefficient (Wildman–Crippen LogP) is 1.79. The van der Waals surface area contributed by atoms with Gasteiger partial charge in [-0.3, -0.25) is 9.48 Å². The number of hydrogen-bond acceptors (Lipinski definition) is 5. The van der Waals surface area contributed by atoms with Crippen LogP contribution in [0.3, 0.4) is 0 Å². The number of nitrogens with one attached hydrogen (secondary N) is 1. The van der Waals surface area contributed by atoms with Crippen LogP contribution in [0.25, 0.3) is 0 Å². The highest BCUT2D eigenvalue weighted by Crippen LogP contribution is 2.25. The molecule has 0 aliphatic carbocycles. The van der Waals surface area contributed by atoms with Gasteiger partial charge in [-0.05, 0) is 36.7 Å². The lowest BCUT2D eigenvalue weighted by molar-refractivity contribution is 0.0786. The fraction of sp³-hybridized carbons (Fsp3) is 0.615. The maximum absolute atomic E-state index is 12.6. The van der Waals surface area contributed by atoms with Gasteiger partial charge in [0.05, 0.1) is 17.3 Å². The van der Waals surface area contributed by atoms with Gasteiger partial charge in [-0.2, -0.15) is 10.3 Å². The first-order valence-corrected chi connectivity index (χ1v) is 7.74. The molecule has 0 aliphatic heterocycles. The molecule has 9 heteroatoms. The Balaban J connectivity index is 2.13. The Labute approximate surface area is 137 Å². The van der Waals surface area contributed by atoms with E-state index >= 15 is 0 Å². The number of aromatic amines is 1. The summed E-state index contributed by atoms with van der Waals surface area (Å²) in [7, 11) is 1.75. The fourth-order valence-electron chi connectivity index (χ4n) is 2.10. The molecule has 0 bridgehead atoms. The Morgan fingerprint density at radius 3 is 2.68 bits per heavy atom. The molecule has 120 valence electrons. The van der Waals surface area contributed by atoms with Crippen LogP contribution in [0.1, 0.15) is 49.8 Å². The number of aromatic nitrogens is 6. The molecule has 0 spiro atoms.